The lowest BCUT2D eigenvalue weighted by Crippen LogP contribution is -2.64. The second-order valence-corrected chi connectivity index (χ2v) is 7.37. The van der Waals surface area contributed by atoms with Crippen LogP contribution in [0.2, 0.25) is 0 Å². The minimum absolute atomic E-state index is 0.116. The van der Waals surface area contributed by atoms with Crippen LogP contribution in [0.15, 0.2) is 12.4 Å². The van der Waals surface area contributed by atoms with Crippen molar-refractivity contribution in [3.05, 3.63) is 18.0 Å². The minimum Gasteiger partial charge on any atom is -0.381 e. The first kappa shape index (κ1) is 14.7. The van der Waals surface area contributed by atoms with Gasteiger partial charge in [0, 0.05) is 58.3 Å². The van der Waals surface area contributed by atoms with Crippen LogP contribution in [0.25, 0.3) is 0 Å². The van der Waals surface area contributed by atoms with Gasteiger partial charge in [0.25, 0.3) is 0 Å². The van der Waals surface area contributed by atoms with Crippen LogP contribution in [-0.4, -0.2) is 53.2 Å². The Balaban J connectivity index is 1.23. The van der Waals surface area contributed by atoms with Gasteiger partial charge in [-0.05, 0) is 37.5 Å². The van der Waals surface area contributed by atoms with E-state index < -0.39 is 0 Å². The Kier molecular flexibility index (Phi) is 3.96. The van der Waals surface area contributed by atoms with Crippen molar-refractivity contribution >= 4 is 0 Å². The zero-order chi connectivity index (χ0) is 15.0. The molecule has 1 spiro atoms. The van der Waals surface area contributed by atoms with E-state index in [2.05, 4.69) is 16.2 Å². The first-order chi connectivity index (χ1) is 10.7. The van der Waals surface area contributed by atoms with E-state index in [0.29, 0.717) is 5.92 Å². The van der Waals surface area contributed by atoms with Gasteiger partial charge in [0.2, 0.25) is 0 Å². The molecule has 1 aliphatic carbocycles. The predicted molar refractivity (Wildman–Crippen MR) is 83.4 cm³/mol. The molecule has 3 aliphatic rings. The summed E-state index contributed by atoms with van der Waals surface area (Å²) in [5.41, 5.74) is 1.41. The molecule has 0 N–H and O–H groups in total. The van der Waals surface area contributed by atoms with Gasteiger partial charge >= 0.3 is 0 Å². The fraction of sp³-hybridized carbons (Fsp3) is 0.824. The van der Waals surface area contributed by atoms with Crippen LogP contribution in [0.5, 0.6) is 0 Å². The highest BCUT2D eigenvalue weighted by atomic mass is 16.5. The lowest BCUT2D eigenvalue weighted by Gasteiger charge is -2.50. The van der Waals surface area contributed by atoms with Crippen LogP contribution in [0.3, 0.4) is 0 Å². The maximum absolute atomic E-state index is 6.13. The highest BCUT2D eigenvalue weighted by Crippen LogP contribution is 2.42. The molecule has 3 fully saturated rings. The van der Waals surface area contributed by atoms with Gasteiger partial charge < -0.3 is 9.47 Å². The molecule has 4 rings (SSSR count). The fourth-order valence-electron chi connectivity index (χ4n) is 3.94. The van der Waals surface area contributed by atoms with Gasteiger partial charge in [-0.3, -0.25) is 9.58 Å². The van der Waals surface area contributed by atoms with E-state index in [1.165, 1.54) is 24.8 Å². The normalized spacial score (nSPS) is 27.4. The van der Waals surface area contributed by atoms with Gasteiger partial charge in [0.1, 0.15) is 0 Å². The highest BCUT2D eigenvalue weighted by molar-refractivity contribution is 5.10. The number of aromatic nitrogens is 2. The van der Waals surface area contributed by atoms with Crippen LogP contribution >= 0.6 is 0 Å². The van der Waals surface area contributed by atoms with Crippen LogP contribution in [-0.2, 0) is 23.1 Å². The summed E-state index contributed by atoms with van der Waals surface area (Å²) >= 11 is 0. The second-order valence-electron chi connectivity index (χ2n) is 7.37. The van der Waals surface area contributed by atoms with Crippen molar-refractivity contribution in [2.45, 2.75) is 37.8 Å². The molecule has 122 valence electrons. The van der Waals surface area contributed by atoms with Crippen molar-refractivity contribution in [2.75, 3.05) is 32.9 Å². The molecule has 0 unspecified atom stereocenters. The third-order valence-electron chi connectivity index (χ3n) is 5.41. The van der Waals surface area contributed by atoms with Crippen molar-refractivity contribution < 1.29 is 9.47 Å². The van der Waals surface area contributed by atoms with Crippen molar-refractivity contribution in [1.82, 2.24) is 14.7 Å². The molecule has 22 heavy (non-hydrogen) atoms. The summed E-state index contributed by atoms with van der Waals surface area (Å²) in [5, 5.41) is 4.24. The second kappa shape index (κ2) is 5.95. The molecule has 5 heteroatoms. The molecule has 2 aliphatic heterocycles. The summed E-state index contributed by atoms with van der Waals surface area (Å²) in [7, 11) is 1.97. The predicted octanol–water partition coefficient (Wildman–Crippen LogP) is 1.83. The Hall–Kier alpha value is -0.910. The van der Waals surface area contributed by atoms with E-state index in [1.54, 1.807) is 0 Å². The smallest absolute Gasteiger partial charge is 0.0964 e. The van der Waals surface area contributed by atoms with E-state index in [4.69, 9.17) is 9.47 Å². The molecule has 2 saturated heterocycles. The summed E-state index contributed by atoms with van der Waals surface area (Å²) in [4.78, 5) is 2.47. The SMILES string of the molecule is Cn1cc(CN2CC3(C2)OCC[C@H]3CCOCC2CC2)cn1. The molecule has 1 saturated carbocycles. The Morgan fingerprint density at radius 3 is 2.95 bits per heavy atom. The molecule has 1 aromatic rings. The zero-order valence-corrected chi connectivity index (χ0v) is 13.5. The molecule has 0 bridgehead atoms. The van der Waals surface area contributed by atoms with Crippen LogP contribution in [0.4, 0.5) is 0 Å². The number of aryl methyl sites for hydroxylation is 1. The zero-order valence-electron chi connectivity index (χ0n) is 13.5. The van der Waals surface area contributed by atoms with Gasteiger partial charge in [-0.2, -0.15) is 5.10 Å². The van der Waals surface area contributed by atoms with Crippen molar-refractivity contribution in [1.29, 1.82) is 0 Å². The standard InChI is InChI=1S/C17H27N3O2/c1-19-9-15(8-18-19)10-20-12-17(13-20)16(5-7-22-17)4-6-21-11-14-2-3-14/h8-9,14,16H,2-7,10-13H2,1H3/t16-/m1/s1. The average Bonchev–Trinajstić information content (AvgIpc) is 3.06. The number of hydrogen-bond donors (Lipinski definition) is 0. The largest absolute Gasteiger partial charge is 0.381 e. The summed E-state index contributed by atoms with van der Waals surface area (Å²) in [6.07, 6.45) is 9.17. The molecule has 0 aromatic carbocycles. The molecule has 1 aromatic heterocycles. The van der Waals surface area contributed by atoms with Gasteiger partial charge in [0.15, 0.2) is 0 Å². The van der Waals surface area contributed by atoms with Crippen molar-refractivity contribution in [3.63, 3.8) is 0 Å². The maximum atomic E-state index is 6.13. The minimum atomic E-state index is 0.116. The molecule has 5 nitrogen and oxygen atoms in total. The molecular formula is C17H27N3O2. The maximum Gasteiger partial charge on any atom is 0.0964 e. The molecular weight excluding hydrogens is 278 g/mol. The number of nitrogens with zero attached hydrogens (tertiary/aromatic N) is 3. The Labute approximate surface area is 132 Å². The Morgan fingerprint density at radius 1 is 1.36 bits per heavy atom. The van der Waals surface area contributed by atoms with Gasteiger partial charge in [-0.1, -0.05) is 0 Å². The quantitative estimate of drug-likeness (QED) is 0.721. The Morgan fingerprint density at radius 2 is 2.23 bits per heavy atom. The van der Waals surface area contributed by atoms with Crippen LogP contribution < -0.4 is 0 Å². The third-order valence-corrected chi connectivity index (χ3v) is 5.41. The number of hydrogen-bond acceptors (Lipinski definition) is 4. The summed E-state index contributed by atoms with van der Waals surface area (Å²) < 4.78 is 13.8. The van der Waals surface area contributed by atoms with Crippen LogP contribution in [0, 0.1) is 11.8 Å². The summed E-state index contributed by atoms with van der Waals surface area (Å²) in [6.45, 7) is 5.94. The van der Waals surface area contributed by atoms with E-state index in [-0.39, 0.29) is 5.60 Å². The summed E-state index contributed by atoms with van der Waals surface area (Å²) in [6, 6.07) is 0. The van der Waals surface area contributed by atoms with Crippen molar-refractivity contribution in [2.24, 2.45) is 18.9 Å². The summed E-state index contributed by atoms with van der Waals surface area (Å²) in [5.74, 6) is 1.55. The van der Waals surface area contributed by atoms with Gasteiger partial charge in [-0.15, -0.1) is 0 Å². The molecule has 3 heterocycles. The first-order valence-electron chi connectivity index (χ1n) is 8.65. The van der Waals surface area contributed by atoms with E-state index in [9.17, 15) is 0 Å². The van der Waals surface area contributed by atoms with E-state index in [1.807, 2.05) is 17.9 Å². The molecule has 0 amide bonds. The topological polar surface area (TPSA) is 39.5 Å². The molecule has 0 radical (unpaired) electrons. The Bertz CT molecular complexity index is 506. The fourth-order valence-corrected chi connectivity index (χ4v) is 3.94. The number of likely N-dealkylation sites (tertiary alicyclic amines) is 1. The lowest BCUT2D eigenvalue weighted by molar-refractivity contribution is -0.139. The number of ether oxygens (including phenoxy) is 2. The van der Waals surface area contributed by atoms with Gasteiger partial charge in [-0.25, -0.2) is 0 Å². The monoisotopic (exact) mass is 305 g/mol. The van der Waals surface area contributed by atoms with E-state index >= 15 is 0 Å². The van der Waals surface area contributed by atoms with Crippen molar-refractivity contribution in [3.8, 4) is 0 Å². The number of rotatable bonds is 7. The van der Waals surface area contributed by atoms with E-state index in [0.717, 1.165) is 51.8 Å². The van der Waals surface area contributed by atoms with Crippen LogP contribution in [0.1, 0.15) is 31.2 Å². The third kappa shape index (κ3) is 3.07. The average molecular weight is 305 g/mol. The van der Waals surface area contributed by atoms with Gasteiger partial charge in [0.05, 0.1) is 11.8 Å². The molecule has 1 atom stereocenters. The first-order valence-corrected chi connectivity index (χ1v) is 8.65. The lowest BCUT2D eigenvalue weighted by atomic mass is 9.79. The highest BCUT2D eigenvalue weighted by Gasteiger charge is 2.52.